The van der Waals surface area contributed by atoms with Crippen molar-refractivity contribution in [2.45, 2.75) is 44.4 Å². The molecule has 2 aliphatic rings. The van der Waals surface area contributed by atoms with Crippen molar-refractivity contribution in [3.8, 4) is 0 Å². The number of hydrogen-bond acceptors (Lipinski definition) is 4. The molecule has 7 heteroatoms. The minimum Gasteiger partial charge on any atom is -0.355 e. The molecule has 5 nitrogen and oxygen atoms in total. The van der Waals surface area contributed by atoms with Crippen LogP contribution in [0.4, 0.5) is 10.1 Å². The lowest BCUT2D eigenvalue weighted by Gasteiger charge is -2.24. The number of hydrogen-bond donors (Lipinski definition) is 2. The number of amides is 2. The average molecular weight is 373 g/mol. The zero-order chi connectivity index (χ0) is 18.1. The normalized spacial score (nSPS) is 18.7. The molecule has 1 aromatic heterocycles. The maximum Gasteiger partial charge on any atom is 0.228 e. The minimum atomic E-state index is -0.654. The smallest absolute Gasteiger partial charge is 0.228 e. The predicted octanol–water partition coefficient (Wildman–Crippen LogP) is 2.95. The summed E-state index contributed by atoms with van der Waals surface area (Å²) in [7, 11) is 0. The van der Waals surface area contributed by atoms with Crippen LogP contribution in [0.2, 0.25) is 0 Å². The number of halogens is 1. The molecule has 0 radical (unpaired) electrons. The molecule has 2 heterocycles. The first kappa shape index (κ1) is 17.1. The van der Waals surface area contributed by atoms with Gasteiger partial charge < -0.3 is 10.6 Å². The fourth-order valence-electron chi connectivity index (χ4n) is 3.59. The van der Waals surface area contributed by atoms with E-state index in [1.54, 1.807) is 11.3 Å². The molecule has 1 aromatic carbocycles. The van der Waals surface area contributed by atoms with Crippen LogP contribution in [-0.2, 0) is 28.9 Å². The Hall–Kier alpha value is -2.28. The van der Waals surface area contributed by atoms with E-state index in [2.05, 4.69) is 15.6 Å². The van der Waals surface area contributed by atoms with Gasteiger partial charge in [0.25, 0.3) is 0 Å². The maximum absolute atomic E-state index is 13.6. The number of carbonyl (C=O) groups excluding carboxylic acids is 2. The Kier molecular flexibility index (Phi) is 4.72. The molecule has 2 N–H and O–H groups in total. The van der Waals surface area contributed by atoms with Crippen LogP contribution in [0.5, 0.6) is 0 Å². The fourth-order valence-corrected chi connectivity index (χ4v) is 4.75. The molecule has 0 spiro atoms. The Morgan fingerprint density at radius 2 is 2.19 bits per heavy atom. The molecule has 1 aliphatic carbocycles. The zero-order valence-electron chi connectivity index (χ0n) is 14.3. The average Bonchev–Trinajstić information content (AvgIpc) is 3.04. The Morgan fingerprint density at radius 1 is 1.35 bits per heavy atom. The summed E-state index contributed by atoms with van der Waals surface area (Å²) in [4.78, 5) is 30.5. The summed E-state index contributed by atoms with van der Waals surface area (Å²) in [6, 6.07) is 4.11. The van der Waals surface area contributed by atoms with Crippen molar-refractivity contribution in [3.05, 3.63) is 45.2 Å². The first-order valence-electron chi connectivity index (χ1n) is 8.94. The number of nitrogens with zero attached hydrogens (tertiary/aromatic N) is 1. The highest BCUT2D eigenvalue weighted by Gasteiger charge is 2.30. The molecule has 136 valence electrons. The van der Waals surface area contributed by atoms with Crippen LogP contribution < -0.4 is 10.6 Å². The molecule has 0 saturated heterocycles. The van der Waals surface area contributed by atoms with Crippen LogP contribution in [0.1, 0.15) is 46.3 Å². The molecule has 0 bridgehead atoms. The van der Waals surface area contributed by atoms with E-state index in [0.717, 1.165) is 17.8 Å². The van der Waals surface area contributed by atoms with E-state index in [1.165, 1.54) is 41.6 Å². The topological polar surface area (TPSA) is 71.1 Å². The third-order valence-corrected chi connectivity index (χ3v) is 6.11. The van der Waals surface area contributed by atoms with Gasteiger partial charge in [0.2, 0.25) is 11.8 Å². The molecule has 2 amide bonds. The number of fused-ring (bicyclic) bond motifs is 2. The van der Waals surface area contributed by atoms with Gasteiger partial charge in [0.05, 0.1) is 16.6 Å². The summed E-state index contributed by atoms with van der Waals surface area (Å²) in [5.41, 5.74) is 2.26. The summed E-state index contributed by atoms with van der Waals surface area (Å²) in [5, 5.41) is 6.62. The fraction of sp³-hybridized carbons (Fsp3) is 0.421. The first-order chi connectivity index (χ1) is 12.6. The third kappa shape index (κ3) is 3.49. The number of nitrogens with one attached hydrogen (secondary N) is 2. The quantitative estimate of drug-likeness (QED) is 0.866. The number of benzene rings is 1. The van der Waals surface area contributed by atoms with Gasteiger partial charge in [-0.3, -0.25) is 9.59 Å². The van der Waals surface area contributed by atoms with Crippen molar-refractivity contribution in [2.24, 2.45) is 0 Å². The molecule has 0 fully saturated rings. The monoisotopic (exact) mass is 373 g/mol. The van der Waals surface area contributed by atoms with E-state index in [0.29, 0.717) is 24.2 Å². The third-order valence-electron chi connectivity index (χ3n) is 4.90. The maximum atomic E-state index is 13.6. The number of aryl methyl sites for hydroxylation is 2. The molecular formula is C19H20FN3O2S. The van der Waals surface area contributed by atoms with Crippen LogP contribution in [0, 0.1) is 5.82 Å². The van der Waals surface area contributed by atoms with Gasteiger partial charge in [0, 0.05) is 30.0 Å². The van der Waals surface area contributed by atoms with Crippen molar-refractivity contribution in [1.82, 2.24) is 10.3 Å². The van der Waals surface area contributed by atoms with E-state index >= 15 is 0 Å². The van der Waals surface area contributed by atoms with Crippen LogP contribution in [0.3, 0.4) is 0 Å². The van der Waals surface area contributed by atoms with Gasteiger partial charge >= 0.3 is 0 Å². The lowest BCUT2D eigenvalue weighted by molar-refractivity contribution is -0.126. The first-order valence-corrected chi connectivity index (χ1v) is 9.76. The Bertz CT molecular complexity index is 841. The highest BCUT2D eigenvalue weighted by atomic mass is 32.1. The SMILES string of the molecule is O=C1C[C@H](C(=O)NCCc2nc3c(s2)CCCC3)c2cc(F)ccc2N1. The van der Waals surface area contributed by atoms with E-state index in [-0.39, 0.29) is 18.2 Å². The zero-order valence-corrected chi connectivity index (χ0v) is 15.1. The van der Waals surface area contributed by atoms with Crippen molar-refractivity contribution in [1.29, 1.82) is 0 Å². The van der Waals surface area contributed by atoms with Gasteiger partial charge in [0.1, 0.15) is 5.82 Å². The Balaban J connectivity index is 1.40. The predicted molar refractivity (Wildman–Crippen MR) is 97.9 cm³/mol. The molecular weight excluding hydrogens is 353 g/mol. The summed E-state index contributed by atoms with van der Waals surface area (Å²) < 4.78 is 13.6. The molecule has 4 rings (SSSR count). The lowest BCUT2D eigenvalue weighted by atomic mass is 9.89. The van der Waals surface area contributed by atoms with Crippen LogP contribution in [0.15, 0.2) is 18.2 Å². The highest BCUT2D eigenvalue weighted by Crippen LogP contribution is 2.33. The van der Waals surface area contributed by atoms with Gasteiger partial charge in [0.15, 0.2) is 0 Å². The summed E-state index contributed by atoms with van der Waals surface area (Å²) in [6.07, 6.45) is 5.31. The van der Waals surface area contributed by atoms with Crippen LogP contribution in [-0.4, -0.2) is 23.3 Å². The van der Waals surface area contributed by atoms with E-state index in [4.69, 9.17) is 0 Å². The van der Waals surface area contributed by atoms with Gasteiger partial charge in [-0.25, -0.2) is 9.37 Å². The number of carbonyl (C=O) groups is 2. The Labute approximate surface area is 155 Å². The van der Waals surface area contributed by atoms with Gasteiger partial charge in [-0.2, -0.15) is 0 Å². The lowest BCUT2D eigenvalue weighted by Crippen LogP contribution is -2.36. The van der Waals surface area contributed by atoms with E-state index < -0.39 is 11.7 Å². The van der Waals surface area contributed by atoms with E-state index in [9.17, 15) is 14.0 Å². The molecule has 26 heavy (non-hydrogen) atoms. The molecule has 0 unspecified atom stereocenters. The largest absolute Gasteiger partial charge is 0.355 e. The minimum absolute atomic E-state index is 0.0356. The summed E-state index contributed by atoms with van der Waals surface area (Å²) in [5.74, 6) is -1.53. The van der Waals surface area contributed by atoms with Crippen molar-refractivity contribution >= 4 is 28.8 Å². The van der Waals surface area contributed by atoms with E-state index in [1.807, 2.05) is 0 Å². The number of anilines is 1. The molecule has 1 aliphatic heterocycles. The molecule has 1 atom stereocenters. The van der Waals surface area contributed by atoms with Gasteiger partial charge in [-0.05, 0) is 49.4 Å². The number of rotatable bonds is 4. The standard InChI is InChI=1S/C19H20FN3O2S/c20-11-5-6-14-12(9-11)13(10-17(24)22-14)19(25)21-8-7-18-23-15-3-1-2-4-16(15)26-18/h5-6,9,13H,1-4,7-8,10H2,(H,21,25)(H,22,24)/t13-/m0/s1. The van der Waals surface area contributed by atoms with Gasteiger partial charge in [-0.15, -0.1) is 11.3 Å². The van der Waals surface area contributed by atoms with Crippen LogP contribution in [0.25, 0.3) is 0 Å². The molecule has 2 aromatic rings. The second kappa shape index (κ2) is 7.15. The van der Waals surface area contributed by atoms with Crippen molar-refractivity contribution < 1.29 is 14.0 Å². The van der Waals surface area contributed by atoms with Crippen molar-refractivity contribution in [3.63, 3.8) is 0 Å². The second-order valence-electron chi connectivity index (χ2n) is 6.76. The Morgan fingerprint density at radius 3 is 3.04 bits per heavy atom. The summed E-state index contributed by atoms with van der Waals surface area (Å²) in [6.45, 7) is 0.466. The highest BCUT2D eigenvalue weighted by molar-refractivity contribution is 7.11. The van der Waals surface area contributed by atoms with Crippen LogP contribution >= 0.6 is 11.3 Å². The number of thiazole rings is 1. The number of aromatic nitrogens is 1. The van der Waals surface area contributed by atoms with Crippen molar-refractivity contribution in [2.75, 3.05) is 11.9 Å². The van der Waals surface area contributed by atoms with Gasteiger partial charge in [-0.1, -0.05) is 0 Å². The summed E-state index contributed by atoms with van der Waals surface area (Å²) >= 11 is 1.74. The molecule has 0 saturated carbocycles. The second-order valence-corrected chi connectivity index (χ2v) is 7.93.